The summed E-state index contributed by atoms with van der Waals surface area (Å²) in [7, 11) is 6.79. The van der Waals surface area contributed by atoms with E-state index >= 15 is 0 Å². The summed E-state index contributed by atoms with van der Waals surface area (Å²) in [5, 5.41) is 0. The lowest BCUT2D eigenvalue weighted by atomic mass is 10.4. The van der Waals surface area contributed by atoms with Gasteiger partial charge in [-0.05, 0) is 77.3 Å². The normalized spacial score (nSPS) is 25.3. The lowest BCUT2D eigenvalue weighted by molar-refractivity contribution is 0.253. The summed E-state index contributed by atoms with van der Waals surface area (Å²) in [4.78, 5) is 7.58. The summed E-state index contributed by atoms with van der Waals surface area (Å²) in [6.07, 6.45) is 3.49. The zero-order chi connectivity index (χ0) is 15.8. The minimum atomic E-state index is 0.653. The first kappa shape index (κ1) is 20.0. The van der Waals surface area contributed by atoms with Gasteiger partial charge >= 0.3 is 0 Å². The summed E-state index contributed by atoms with van der Waals surface area (Å²) < 4.78 is 0. The van der Waals surface area contributed by atoms with Crippen LogP contribution in [0.1, 0.15) is 19.3 Å². The van der Waals surface area contributed by atoms with E-state index in [1.165, 1.54) is 0 Å². The van der Waals surface area contributed by atoms with E-state index in [0.29, 0.717) is 18.1 Å². The van der Waals surface area contributed by atoms with Crippen molar-refractivity contribution in [3.8, 4) is 0 Å². The van der Waals surface area contributed by atoms with E-state index in [-0.39, 0.29) is 0 Å². The third kappa shape index (κ3) is 6.15. The Morgan fingerprint density at radius 2 is 0.810 bits per heavy atom. The molecule has 1 aliphatic rings. The van der Waals surface area contributed by atoms with E-state index < -0.39 is 0 Å². The molecular weight excluding hydrogens is 318 g/mol. The molecule has 1 aliphatic carbocycles. The van der Waals surface area contributed by atoms with Crippen LogP contribution in [-0.2, 0) is 0 Å². The van der Waals surface area contributed by atoms with Crippen molar-refractivity contribution in [1.29, 1.82) is 0 Å². The summed E-state index contributed by atoms with van der Waals surface area (Å²) in [6.45, 7) is 3.42. The summed E-state index contributed by atoms with van der Waals surface area (Å²) >= 11 is 13.0. The molecule has 1 fully saturated rings. The third-order valence-electron chi connectivity index (χ3n) is 4.44. The number of hydrogen-bond donors (Lipinski definition) is 3. The van der Waals surface area contributed by atoms with Gasteiger partial charge in [0.2, 0.25) is 0 Å². The van der Waals surface area contributed by atoms with Crippen LogP contribution in [-0.4, -0.2) is 90.9 Å². The summed E-state index contributed by atoms with van der Waals surface area (Å²) in [5.41, 5.74) is 0. The molecule has 0 atom stereocenters. The first-order chi connectivity index (χ1) is 10.1. The van der Waals surface area contributed by atoms with Gasteiger partial charge in [-0.3, -0.25) is 0 Å². The van der Waals surface area contributed by atoms with Crippen LogP contribution in [0.15, 0.2) is 0 Å². The minimum absolute atomic E-state index is 0.653. The maximum atomic E-state index is 4.34. The Morgan fingerprint density at radius 1 is 0.571 bits per heavy atom. The molecule has 0 aliphatic heterocycles. The highest BCUT2D eigenvalue weighted by molar-refractivity contribution is 7.80. The third-order valence-corrected chi connectivity index (χ3v) is 5.39. The predicted molar refractivity (Wildman–Crippen MR) is 105 cm³/mol. The molecule has 0 amide bonds. The fourth-order valence-corrected chi connectivity index (χ4v) is 3.66. The smallest absolute Gasteiger partial charge is 0.0435 e. The molecule has 0 saturated heterocycles. The molecule has 1 rings (SSSR count). The van der Waals surface area contributed by atoms with Gasteiger partial charge in [-0.15, -0.1) is 0 Å². The lowest BCUT2D eigenvalue weighted by Crippen LogP contribution is -2.32. The van der Waals surface area contributed by atoms with E-state index in [1.807, 2.05) is 0 Å². The van der Waals surface area contributed by atoms with Crippen LogP contribution in [0.5, 0.6) is 0 Å². The van der Waals surface area contributed by atoms with Crippen LogP contribution in [0.4, 0.5) is 0 Å². The molecule has 126 valence electrons. The average Bonchev–Trinajstić information content (AvgIpc) is 3.23. The van der Waals surface area contributed by atoms with Crippen LogP contribution >= 0.6 is 37.9 Å². The van der Waals surface area contributed by atoms with Crippen LogP contribution in [0.2, 0.25) is 0 Å². The van der Waals surface area contributed by atoms with Gasteiger partial charge < -0.3 is 14.7 Å². The maximum Gasteiger partial charge on any atom is 0.0435 e. The topological polar surface area (TPSA) is 9.72 Å². The Morgan fingerprint density at radius 3 is 1.00 bits per heavy atom. The molecule has 0 aromatic heterocycles. The van der Waals surface area contributed by atoms with Gasteiger partial charge in [0.1, 0.15) is 0 Å². The Balaban J connectivity index is 2.58. The lowest BCUT2D eigenvalue weighted by Gasteiger charge is -2.20. The molecule has 0 unspecified atom stereocenters. The van der Waals surface area contributed by atoms with Gasteiger partial charge in [-0.25, -0.2) is 0 Å². The van der Waals surface area contributed by atoms with Crippen molar-refractivity contribution in [2.45, 2.75) is 37.4 Å². The van der Waals surface area contributed by atoms with Crippen molar-refractivity contribution in [3.63, 3.8) is 0 Å². The highest BCUT2D eigenvalue weighted by Crippen LogP contribution is 2.36. The molecule has 3 nitrogen and oxygen atoms in total. The Bertz CT molecular complexity index is 232. The standard InChI is InChI=1S/C15H33N3S3/c1-16(7-4-10-19)13-14(17(2)8-5-11-20)15(13)18(3)9-6-12-21/h13-15,19-21H,4-12H2,1-3H3. The van der Waals surface area contributed by atoms with Crippen molar-refractivity contribution in [2.24, 2.45) is 0 Å². The Labute approximate surface area is 148 Å². The van der Waals surface area contributed by atoms with E-state index in [4.69, 9.17) is 0 Å². The highest BCUT2D eigenvalue weighted by atomic mass is 32.1. The van der Waals surface area contributed by atoms with Crippen molar-refractivity contribution < 1.29 is 0 Å². The molecule has 0 radical (unpaired) electrons. The zero-order valence-corrected chi connectivity index (χ0v) is 16.5. The molecule has 0 spiro atoms. The van der Waals surface area contributed by atoms with Gasteiger partial charge in [-0.1, -0.05) is 0 Å². The second-order valence-corrected chi connectivity index (χ2v) is 7.49. The van der Waals surface area contributed by atoms with Gasteiger partial charge in [0.25, 0.3) is 0 Å². The molecule has 21 heavy (non-hydrogen) atoms. The maximum absolute atomic E-state index is 4.34. The molecular formula is C15H33N3S3. The van der Waals surface area contributed by atoms with Crippen LogP contribution in [0.3, 0.4) is 0 Å². The molecule has 6 heteroatoms. The minimum Gasteiger partial charge on any atom is -0.300 e. The Kier molecular flexibility index (Phi) is 10.1. The van der Waals surface area contributed by atoms with Crippen LogP contribution in [0, 0.1) is 0 Å². The number of rotatable bonds is 12. The quantitative estimate of drug-likeness (QED) is 0.464. The first-order valence-corrected chi connectivity index (χ1v) is 9.91. The average molecular weight is 352 g/mol. The van der Waals surface area contributed by atoms with Gasteiger partial charge in [0.15, 0.2) is 0 Å². The summed E-state index contributed by atoms with van der Waals surface area (Å²) in [5.74, 6) is 2.91. The summed E-state index contributed by atoms with van der Waals surface area (Å²) in [6, 6.07) is 1.96. The van der Waals surface area contributed by atoms with Gasteiger partial charge in [-0.2, -0.15) is 37.9 Å². The molecule has 0 N–H and O–H groups in total. The molecule has 0 bridgehead atoms. The molecule has 0 aromatic rings. The van der Waals surface area contributed by atoms with E-state index in [1.54, 1.807) is 0 Å². The molecule has 1 saturated carbocycles. The SMILES string of the molecule is CN(CCCS)C1C(N(C)CCCS)C1N(C)CCCS. The van der Waals surface area contributed by atoms with Crippen molar-refractivity contribution in [1.82, 2.24) is 14.7 Å². The van der Waals surface area contributed by atoms with Crippen LogP contribution < -0.4 is 0 Å². The van der Waals surface area contributed by atoms with Crippen molar-refractivity contribution in [3.05, 3.63) is 0 Å². The number of hydrogen-bond acceptors (Lipinski definition) is 6. The van der Waals surface area contributed by atoms with Gasteiger partial charge in [0.05, 0.1) is 0 Å². The van der Waals surface area contributed by atoms with E-state index in [9.17, 15) is 0 Å². The van der Waals surface area contributed by atoms with Gasteiger partial charge in [0, 0.05) is 18.1 Å². The van der Waals surface area contributed by atoms with Crippen LogP contribution in [0.25, 0.3) is 0 Å². The molecule has 0 heterocycles. The Hall–Kier alpha value is 0.930. The first-order valence-electron chi connectivity index (χ1n) is 8.01. The highest BCUT2D eigenvalue weighted by Gasteiger charge is 2.56. The fourth-order valence-electron chi connectivity index (χ4n) is 3.24. The largest absolute Gasteiger partial charge is 0.300 e. The zero-order valence-electron chi connectivity index (χ0n) is 13.8. The van der Waals surface area contributed by atoms with E-state index in [0.717, 1.165) is 56.2 Å². The van der Waals surface area contributed by atoms with Crippen molar-refractivity contribution >= 4 is 37.9 Å². The monoisotopic (exact) mass is 351 g/mol. The number of thiol groups is 3. The fraction of sp³-hybridized carbons (Fsp3) is 1.00. The second-order valence-electron chi connectivity index (χ2n) is 6.15. The van der Waals surface area contributed by atoms with E-state index in [2.05, 4.69) is 73.7 Å². The predicted octanol–water partition coefficient (Wildman–Crippen LogP) is 1.86. The number of nitrogens with zero attached hydrogens (tertiary/aromatic N) is 3. The molecule has 0 aromatic carbocycles. The second kappa shape index (κ2) is 10.7. The number of likely N-dealkylation sites (N-methyl/N-ethyl adjacent to an activating group) is 3. The van der Waals surface area contributed by atoms with Crippen molar-refractivity contribution in [2.75, 3.05) is 58.0 Å².